The number of methoxy groups -OCH3 is 1. The molecule has 0 saturated heterocycles. The normalized spacial score (nSPS) is 13.5. The van der Waals surface area contributed by atoms with Crippen LogP contribution < -0.4 is 9.64 Å². The van der Waals surface area contributed by atoms with Crippen LogP contribution in [0.2, 0.25) is 0 Å². The fraction of sp³-hybridized carbons (Fsp3) is 0.368. The summed E-state index contributed by atoms with van der Waals surface area (Å²) >= 11 is 0. The Morgan fingerprint density at radius 2 is 1.68 bits per heavy atom. The van der Waals surface area contributed by atoms with Crippen molar-refractivity contribution in [3.63, 3.8) is 0 Å². The summed E-state index contributed by atoms with van der Waals surface area (Å²) < 4.78 is 5.46. The van der Waals surface area contributed by atoms with Gasteiger partial charge in [0, 0.05) is 30.8 Å². The zero-order chi connectivity index (χ0) is 16.2. The maximum absolute atomic E-state index is 10.00. The predicted octanol–water partition coefficient (Wildman–Crippen LogP) is 3.25. The molecule has 1 unspecified atom stereocenters. The molecule has 2 aromatic rings. The number of ether oxygens (including phenoxy) is 1. The van der Waals surface area contributed by atoms with Crippen molar-refractivity contribution >= 4 is 5.69 Å². The monoisotopic (exact) mass is 299 g/mol. The molecule has 0 bridgehead atoms. The van der Waals surface area contributed by atoms with E-state index in [1.54, 1.807) is 7.11 Å². The van der Waals surface area contributed by atoms with E-state index in [0.29, 0.717) is 0 Å². The second-order valence-corrected chi connectivity index (χ2v) is 6.16. The minimum atomic E-state index is -0.369. The summed E-state index contributed by atoms with van der Waals surface area (Å²) in [5.74, 6) is 0.823. The van der Waals surface area contributed by atoms with Crippen LogP contribution in [0.25, 0.3) is 0 Å². The van der Waals surface area contributed by atoms with E-state index in [9.17, 15) is 5.11 Å². The number of para-hydroxylation sites is 1. The first kappa shape index (κ1) is 16.4. The van der Waals surface area contributed by atoms with Crippen LogP contribution in [0, 0.1) is 0 Å². The first-order valence-corrected chi connectivity index (χ1v) is 7.51. The standard InChI is InChI=1S/C19H25NO2/c1-19(14-21,17-7-5-6-8-18(17)22-4)13-15-9-11-16(12-10-15)20(2)3/h5-12,21H,13-14H2,1-4H3. The number of benzene rings is 2. The third kappa shape index (κ3) is 3.42. The Morgan fingerprint density at radius 3 is 2.23 bits per heavy atom. The summed E-state index contributed by atoms with van der Waals surface area (Å²) in [6, 6.07) is 16.4. The Balaban J connectivity index is 2.30. The van der Waals surface area contributed by atoms with Crippen LogP contribution in [0.15, 0.2) is 48.5 Å². The number of aliphatic hydroxyl groups excluding tert-OH is 1. The molecule has 0 radical (unpaired) electrons. The zero-order valence-electron chi connectivity index (χ0n) is 13.8. The van der Waals surface area contributed by atoms with Gasteiger partial charge in [0.1, 0.15) is 5.75 Å². The van der Waals surface area contributed by atoms with Crippen molar-refractivity contribution in [3.05, 3.63) is 59.7 Å². The summed E-state index contributed by atoms with van der Waals surface area (Å²) in [4.78, 5) is 2.08. The number of hydrogen-bond donors (Lipinski definition) is 1. The van der Waals surface area contributed by atoms with Crippen LogP contribution >= 0.6 is 0 Å². The van der Waals surface area contributed by atoms with E-state index in [0.717, 1.165) is 17.7 Å². The first-order chi connectivity index (χ1) is 10.5. The molecule has 2 rings (SSSR count). The van der Waals surface area contributed by atoms with Crippen molar-refractivity contribution in [1.29, 1.82) is 0 Å². The molecule has 0 aliphatic rings. The molecule has 0 fully saturated rings. The van der Waals surface area contributed by atoms with Crippen LogP contribution in [0.3, 0.4) is 0 Å². The highest BCUT2D eigenvalue weighted by atomic mass is 16.5. The molecule has 3 nitrogen and oxygen atoms in total. The number of hydrogen-bond acceptors (Lipinski definition) is 3. The molecule has 1 N–H and O–H groups in total. The third-order valence-corrected chi connectivity index (χ3v) is 4.15. The lowest BCUT2D eigenvalue weighted by molar-refractivity contribution is 0.201. The highest BCUT2D eigenvalue weighted by Gasteiger charge is 2.29. The topological polar surface area (TPSA) is 32.7 Å². The minimum Gasteiger partial charge on any atom is -0.496 e. The van der Waals surface area contributed by atoms with Gasteiger partial charge in [0.2, 0.25) is 0 Å². The minimum absolute atomic E-state index is 0.0722. The Morgan fingerprint density at radius 1 is 1.05 bits per heavy atom. The summed E-state index contributed by atoms with van der Waals surface area (Å²) in [7, 11) is 5.73. The molecule has 2 aromatic carbocycles. The molecular weight excluding hydrogens is 274 g/mol. The molecule has 0 spiro atoms. The van der Waals surface area contributed by atoms with Crippen LogP contribution in [0.5, 0.6) is 5.75 Å². The van der Waals surface area contributed by atoms with Gasteiger partial charge in [0.25, 0.3) is 0 Å². The maximum Gasteiger partial charge on any atom is 0.122 e. The molecule has 0 amide bonds. The number of anilines is 1. The summed E-state index contributed by atoms with van der Waals surface area (Å²) in [6.45, 7) is 2.15. The summed E-state index contributed by atoms with van der Waals surface area (Å²) in [5, 5.41) is 10.00. The van der Waals surface area contributed by atoms with Crippen molar-refractivity contribution in [1.82, 2.24) is 0 Å². The second-order valence-electron chi connectivity index (χ2n) is 6.16. The fourth-order valence-corrected chi connectivity index (χ4v) is 2.74. The van der Waals surface area contributed by atoms with Crippen LogP contribution in [-0.4, -0.2) is 32.9 Å². The maximum atomic E-state index is 10.00. The Bertz CT molecular complexity index is 607. The van der Waals surface area contributed by atoms with Gasteiger partial charge in [-0.2, -0.15) is 0 Å². The lowest BCUT2D eigenvalue weighted by Crippen LogP contribution is -2.30. The quantitative estimate of drug-likeness (QED) is 0.888. The number of aliphatic hydroxyl groups is 1. The molecular formula is C19H25NO2. The molecule has 22 heavy (non-hydrogen) atoms. The zero-order valence-corrected chi connectivity index (χ0v) is 13.8. The smallest absolute Gasteiger partial charge is 0.122 e. The van der Waals surface area contributed by atoms with Crippen molar-refractivity contribution in [3.8, 4) is 5.75 Å². The van der Waals surface area contributed by atoms with Crippen molar-refractivity contribution in [2.45, 2.75) is 18.8 Å². The van der Waals surface area contributed by atoms with Gasteiger partial charge in [0.05, 0.1) is 13.7 Å². The largest absolute Gasteiger partial charge is 0.496 e. The van der Waals surface area contributed by atoms with Gasteiger partial charge in [-0.15, -0.1) is 0 Å². The molecule has 1 atom stereocenters. The third-order valence-electron chi connectivity index (χ3n) is 4.15. The molecule has 0 aliphatic heterocycles. The predicted molar refractivity (Wildman–Crippen MR) is 91.9 cm³/mol. The summed E-state index contributed by atoms with van der Waals surface area (Å²) in [5.41, 5.74) is 3.04. The van der Waals surface area contributed by atoms with Gasteiger partial charge < -0.3 is 14.7 Å². The van der Waals surface area contributed by atoms with Crippen LogP contribution in [-0.2, 0) is 11.8 Å². The molecule has 3 heteroatoms. The van der Waals surface area contributed by atoms with E-state index in [1.165, 1.54) is 11.3 Å². The Hall–Kier alpha value is -2.00. The Labute approximate surface area is 133 Å². The molecule has 0 aliphatic carbocycles. The average Bonchev–Trinajstić information content (AvgIpc) is 2.55. The van der Waals surface area contributed by atoms with Gasteiger partial charge in [-0.25, -0.2) is 0 Å². The van der Waals surface area contributed by atoms with E-state index in [4.69, 9.17) is 4.74 Å². The van der Waals surface area contributed by atoms with E-state index < -0.39 is 0 Å². The van der Waals surface area contributed by atoms with Gasteiger partial charge in [-0.3, -0.25) is 0 Å². The van der Waals surface area contributed by atoms with Crippen molar-refractivity contribution in [2.75, 3.05) is 32.7 Å². The van der Waals surface area contributed by atoms with E-state index in [-0.39, 0.29) is 12.0 Å². The number of rotatable bonds is 6. The highest BCUT2D eigenvalue weighted by Crippen LogP contribution is 2.34. The first-order valence-electron chi connectivity index (χ1n) is 7.51. The van der Waals surface area contributed by atoms with Crippen LogP contribution in [0.1, 0.15) is 18.1 Å². The lowest BCUT2D eigenvalue weighted by Gasteiger charge is -2.30. The van der Waals surface area contributed by atoms with Crippen molar-refractivity contribution < 1.29 is 9.84 Å². The van der Waals surface area contributed by atoms with Gasteiger partial charge in [-0.1, -0.05) is 37.3 Å². The van der Waals surface area contributed by atoms with Crippen molar-refractivity contribution in [2.24, 2.45) is 0 Å². The molecule has 118 valence electrons. The average molecular weight is 299 g/mol. The van der Waals surface area contributed by atoms with Gasteiger partial charge in [0.15, 0.2) is 0 Å². The highest BCUT2D eigenvalue weighted by molar-refractivity contribution is 5.47. The molecule has 0 heterocycles. The second kappa shape index (κ2) is 6.84. The SMILES string of the molecule is COc1ccccc1C(C)(CO)Cc1ccc(N(C)C)cc1. The fourth-order valence-electron chi connectivity index (χ4n) is 2.74. The lowest BCUT2D eigenvalue weighted by atomic mass is 9.77. The van der Waals surface area contributed by atoms with Crippen LogP contribution in [0.4, 0.5) is 5.69 Å². The molecule has 0 aromatic heterocycles. The van der Waals surface area contributed by atoms with Gasteiger partial charge in [-0.05, 0) is 30.2 Å². The number of nitrogens with zero attached hydrogens (tertiary/aromatic N) is 1. The molecule has 0 saturated carbocycles. The van der Waals surface area contributed by atoms with E-state index in [2.05, 4.69) is 36.1 Å². The van der Waals surface area contributed by atoms with E-state index in [1.807, 2.05) is 38.4 Å². The Kier molecular flexibility index (Phi) is 5.09. The van der Waals surface area contributed by atoms with E-state index >= 15 is 0 Å². The summed E-state index contributed by atoms with van der Waals surface area (Å²) in [6.07, 6.45) is 0.761. The van der Waals surface area contributed by atoms with Gasteiger partial charge >= 0.3 is 0 Å².